The van der Waals surface area contributed by atoms with Crippen LogP contribution in [-0.4, -0.2) is 27.3 Å². The van der Waals surface area contributed by atoms with Crippen molar-refractivity contribution in [2.45, 2.75) is 25.8 Å². The van der Waals surface area contributed by atoms with E-state index < -0.39 is 0 Å². The highest BCUT2D eigenvalue weighted by Crippen LogP contribution is 2.24. The van der Waals surface area contributed by atoms with Crippen molar-refractivity contribution in [3.63, 3.8) is 0 Å². The first-order valence-electron chi connectivity index (χ1n) is 8.07. The Bertz CT molecular complexity index is 807. The molecule has 0 spiro atoms. The molecule has 1 aromatic carbocycles. The molecule has 6 nitrogen and oxygen atoms in total. The first-order chi connectivity index (χ1) is 12.2. The van der Waals surface area contributed by atoms with Gasteiger partial charge in [0, 0.05) is 12.2 Å². The summed E-state index contributed by atoms with van der Waals surface area (Å²) in [7, 11) is 0. The van der Waals surface area contributed by atoms with Crippen LogP contribution in [0, 0.1) is 0 Å². The average Bonchev–Trinajstić information content (AvgIpc) is 3.10. The molecule has 128 valence electrons. The number of nitrogens with one attached hydrogen (secondary N) is 2. The van der Waals surface area contributed by atoms with Crippen LogP contribution >= 0.6 is 11.3 Å². The molecular formula is C18H19N5OS. The number of hydrogen-bond donors (Lipinski definition) is 2. The highest BCUT2D eigenvalue weighted by atomic mass is 32.1. The lowest BCUT2D eigenvalue weighted by molar-refractivity contribution is 0.248. The molecule has 3 aromatic rings. The third-order valence-corrected chi connectivity index (χ3v) is 4.48. The van der Waals surface area contributed by atoms with Gasteiger partial charge in [-0.1, -0.05) is 47.7 Å². The molecule has 2 amide bonds. The Morgan fingerprint density at radius 3 is 2.68 bits per heavy atom. The molecule has 25 heavy (non-hydrogen) atoms. The Kier molecular flexibility index (Phi) is 5.69. The summed E-state index contributed by atoms with van der Waals surface area (Å²) in [6.45, 7) is 1.99. The zero-order valence-electron chi connectivity index (χ0n) is 13.8. The van der Waals surface area contributed by atoms with Gasteiger partial charge >= 0.3 is 6.03 Å². The second-order valence-electron chi connectivity index (χ2n) is 5.65. The van der Waals surface area contributed by atoms with Crippen molar-refractivity contribution in [1.82, 2.24) is 20.5 Å². The fraction of sp³-hybridized carbons (Fsp3) is 0.222. The summed E-state index contributed by atoms with van der Waals surface area (Å²) < 4.78 is 0. The summed E-state index contributed by atoms with van der Waals surface area (Å²) >= 11 is 1.29. The first kappa shape index (κ1) is 17.0. The predicted molar refractivity (Wildman–Crippen MR) is 99.5 cm³/mol. The number of hydrogen-bond acceptors (Lipinski definition) is 5. The number of benzene rings is 1. The van der Waals surface area contributed by atoms with Crippen LogP contribution < -0.4 is 10.6 Å². The number of amides is 2. The standard InChI is InChI=1S/C18H19N5OS/c1-13(10-11-14-7-3-2-4-8-14)20-17(24)21-18-23-22-16(25-18)15-9-5-6-12-19-15/h2-9,12-13H,10-11H2,1H3,(H2,20,21,23,24). The SMILES string of the molecule is CC(CCc1ccccc1)NC(=O)Nc1nnc(-c2ccccn2)s1. The molecule has 0 saturated carbocycles. The van der Waals surface area contributed by atoms with Gasteiger partial charge in [-0.05, 0) is 37.5 Å². The molecule has 0 radical (unpaired) electrons. The predicted octanol–water partition coefficient (Wildman–Crippen LogP) is 3.74. The third kappa shape index (κ3) is 5.09. The molecule has 0 aliphatic carbocycles. The zero-order valence-corrected chi connectivity index (χ0v) is 14.7. The smallest absolute Gasteiger partial charge is 0.321 e. The lowest BCUT2D eigenvalue weighted by Crippen LogP contribution is -2.36. The molecule has 0 aliphatic rings. The number of carbonyl (C=O) groups is 1. The number of urea groups is 1. The first-order valence-corrected chi connectivity index (χ1v) is 8.89. The molecule has 3 rings (SSSR count). The number of nitrogens with zero attached hydrogens (tertiary/aromatic N) is 3. The topological polar surface area (TPSA) is 79.8 Å². The van der Waals surface area contributed by atoms with E-state index in [1.54, 1.807) is 6.20 Å². The maximum atomic E-state index is 12.1. The summed E-state index contributed by atoms with van der Waals surface area (Å²) in [4.78, 5) is 16.3. The Balaban J connectivity index is 1.48. The van der Waals surface area contributed by atoms with Crippen LogP contribution in [0.4, 0.5) is 9.93 Å². The summed E-state index contributed by atoms with van der Waals surface area (Å²) in [6.07, 6.45) is 3.49. The van der Waals surface area contributed by atoms with E-state index in [4.69, 9.17) is 0 Å². The molecule has 0 fully saturated rings. The van der Waals surface area contributed by atoms with E-state index in [0.29, 0.717) is 10.1 Å². The number of carbonyl (C=O) groups excluding carboxylic acids is 1. The largest absolute Gasteiger partial charge is 0.335 e. The van der Waals surface area contributed by atoms with Gasteiger partial charge in [-0.25, -0.2) is 4.79 Å². The summed E-state index contributed by atoms with van der Waals surface area (Å²) in [5, 5.41) is 14.8. The molecule has 0 aliphatic heterocycles. The monoisotopic (exact) mass is 353 g/mol. The van der Waals surface area contributed by atoms with E-state index in [1.807, 2.05) is 43.3 Å². The van der Waals surface area contributed by atoms with Crippen LogP contribution in [0.2, 0.25) is 0 Å². The average molecular weight is 353 g/mol. The maximum absolute atomic E-state index is 12.1. The minimum Gasteiger partial charge on any atom is -0.335 e. The van der Waals surface area contributed by atoms with Gasteiger partial charge < -0.3 is 5.32 Å². The van der Waals surface area contributed by atoms with Gasteiger partial charge in [0.25, 0.3) is 0 Å². The molecule has 2 heterocycles. The van der Waals surface area contributed by atoms with Gasteiger partial charge in [0.15, 0.2) is 5.01 Å². The normalized spacial score (nSPS) is 11.7. The number of aryl methyl sites for hydroxylation is 1. The van der Waals surface area contributed by atoms with Crippen LogP contribution in [0.15, 0.2) is 54.7 Å². The van der Waals surface area contributed by atoms with Crippen LogP contribution in [0.3, 0.4) is 0 Å². The van der Waals surface area contributed by atoms with Gasteiger partial charge in [-0.15, -0.1) is 10.2 Å². The van der Waals surface area contributed by atoms with E-state index in [9.17, 15) is 4.79 Å². The maximum Gasteiger partial charge on any atom is 0.321 e. The Morgan fingerprint density at radius 2 is 1.92 bits per heavy atom. The van der Waals surface area contributed by atoms with Gasteiger partial charge in [-0.2, -0.15) is 0 Å². The number of anilines is 1. The van der Waals surface area contributed by atoms with Gasteiger partial charge in [0.1, 0.15) is 5.69 Å². The van der Waals surface area contributed by atoms with E-state index in [1.165, 1.54) is 16.9 Å². The molecule has 0 bridgehead atoms. The molecule has 2 aromatic heterocycles. The quantitative estimate of drug-likeness (QED) is 0.707. The summed E-state index contributed by atoms with van der Waals surface area (Å²) in [5.41, 5.74) is 2.00. The van der Waals surface area contributed by atoms with Gasteiger partial charge in [0.05, 0.1) is 0 Å². The van der Waals surface area contributed by atoms with Crippen molar-refractivity contribution in [2.75, 3.05) is 5.32 Å². The lowest BCUT2D eigenvalue weighted by Gasteiger charge is -2.13. The van der Waals surface area contributed by atoms with Crippen LogP contribution in [0.1, 0.15) is 18.9 Å². The minimum absolute atomic E-state index is 0.0587. The highest BCUT2D eigenvalue weighted by molar-refractivity contribution is 7.18. The van der Waals surface area contributed by atoms with E-state index in [-0.39, 0.29) is 12.1 Å². The fourth-order valence-corrected chi connectivity index (χ4v) is 3.04. The Hall–Kier alpha value is -2.80. The minimum atomic E-state index is -0.274. The van der Waals surface area contributed by atoms with Crippen LogP contribution in [0.5, 0.6) is 0 Å². The second-order valence-corrected chi connectivity index (χ2v) is 6.63. The molecule has 2 N–H and O–H groups in total. The van der Waals surface area contributed by atoms with Crippen molar-refractivity contribution in [1.29, 1.82) is 0 Å². The van der Waals surface area contributed by atoms with Crippen LogP contribution in [-0.2, 0) is 6.42 Å². The van der Waals surface area contributed by atoms with Crippen LogP contribution in [0.25, 0.3) is 10.7 Å². The summed E-state index contributed by atoms with van der Waals surface area (Å²) in [5.74, 6) is 0. The third-order valence-electron chi connectivity index (χ3n) is 3.62. The zero-order chi connectivity index (χ0) is 17.5. The van der Waals surface area contributed by atoms with Gasteiger partial charge in [-0.3, -0.25) is 10.3 Å². The van der Waals surface area contributed by atoms with Crippen molar-refractivity contribution < 1.29 is 4.79 Å². The Morgan fingerprint density at radius 1 is 1.12 bits per heavy atom. The van der Waals surface area contributed by atoms with Crippen molar-refractivity contribution in [3.05, 3.63) is 60.3 Å². The number of rotatable bonds is 6. The molecular weight excluding hydrogens is 334 g/mol. The van der Waals surface area contributed by atoms with E-state index >= 15 is 0 Å². The van der Waals surface area contributed by atoms with E-state index in [2.05, 4.69) is 37.9 Å². The fourth-order valence-electron chi connectivity index (χ4n) is 2.32. The highest BCUT2D eigenvalue weighted by Gasteiger charge is 2.12. The molecule has 7 heteroatoms. The summed E-state index contributed by atoms with van der Waals surface area (Å²) in [6, 6.07) is 15.6. The van der Waals surface area contributed by atoms with E-state index in [0.717, 1.165) is 18.5 Å². The van der Waals surface area contributed by atoms with Crippen molar-refractivity contribution >= 4 is 22.5 Å². The second kappa shape index (κ2) is 8.34. The molecule has 0 saturated heterocycles. The van der Waals surface area contributed by atoms with Crippen molar-refractivity contribution in [2.24, 2.45) is 0 Å². The molecule has 1 atom stereocenters. The lowest BCUT2D eigenvalue weighted by atomic mass is 10.1. The molecule has 1 unspecified atom stereocenters. The Labute approximate surface area is 150 Å². The number of aromatic nitrogens is 3. The van der Waals surface area contributed by atoms with Crippen molar-refractivity contribution in [3.8, 4) is 10.7 Å². The number of pyridine rings is 1. The van der Waals surface area contributed by atoms with Gasteiger partial charge in [0.2, 0.25) is 5.13 Å².